The number of benzene rings is 2. The minimum Gasteiger partial charge on any atom is -0.381 e. The summed E-state index contributed by atoms with van der Waals surface area (Å²) in [6.45, 7) is 0. The second-order valence-corrected chi connectivity index (χ2v) is 4.42. The molecule has 0 fully saturated rings. The molecule has 0 amide bonds. The summed E-state index contributed by atoms with van der Waals surface area (Å²) >= 11 is 0. The van der Waals surface area contributed by atoms with Gasteiger partial charge in [-0.25, -0.2) is 9.97 Å². The average Bonchev–Trinajstić information content (AvgIpc) is 2.51. The van der Waals surface area contributed by atoms with Gasteiger partial charge >= 0.3 is 0 Å². The molecule has 0 spiro atoms. The van der Waals surface area contributed by atoms with Crippen LogP contribution in [-0.2, 0) is 0 Å². The highest BCUT2D eigenvalue weighted by atomic mass is 15.0. The van der Waals surface area contributed by atoms with E-state index < -0.39 is 0 Å². The molecule has 2 aromatic carbocycles. The van der Waals surface area contributed by atoms with Crippen LogP contribution in [-0.4, -0.2) is 9.97 Å². The summed E-state index contributed by atoms with van der Waals surface area (Å²) in [7, 11) is 0. The fourth-order valence-corrected chi connectivity index (χ4v) is 2.06. The Morgan fingerprint density at radius 1 is 0.550 bits per heavy atom. The van der Waals surface area contributed by atoms with Gasteiger partial charge in [0.25, 0.3) is 0 Å². The number of nitrogen functional groups attached to an aromatic ring is 2. The standard InChI is InChI=1S/C16H14N4/c17-15-16(18)20-14(12-9-5-2-6-10-12)13(19-15)11-7-3-1-4-8-11/h1-10H,(H2,17,19)(H2,18,20). The lowest BCUT2D eigenvalue weighted by Gasteiger charge is -2.10. The number of aromatic nitrogens is 2. The smallest absolute Gasteiger partial charge is 0.166 e. The Hall–Kier alpha value is -2.88. The van der Waals surface area contributed by atoms with Crippen LogP contribution < -0.4 is 11.5 Å². The van der Waals surface area contributed by atoms with Gasteiger partial charge in [0.05, 0.1) is 11.4 Å². The molecule has 0 unspecified atom stereocenters. The first-order valence-electron chi connectivity index (χ1n) is 6.29. The number of nitrogens with zero attached hydrogens (tertiary/aromatic N) is 2. The monoisotopic (exact) mass is 262 g/mol. The minimum absolute atomic E-state index is 0.253. The van der Waals surface area contributed by atoms with Crippen molar-refractivity contribution in [1.82, 2.24) is 9.97 Å². The summed E-state index contributed by atoms with van der Waals surface area (Å²) in [5.41, 5.74) is 15.0. The van der Waals surface area contributed by atoms with Gasteiger partial charge < -0.3 is 11.5 Å². The quantitative estimate of drug-likeness (QED) is 0.744. The van der Waals surface area contributed by atoms with E-state index in [-0.39, 0.29) is 11.6 Å². The van der Waals surface area contributed by atoms with Crippen LogP contribution in [0.15, 0.2) is 60.7 Å². The van der Waals surface area contributed by atoms with E-state index in [1.807, 2.05) is 60.7 Å². The first kappa shape index (κ1) is 12.2. The van der Waals surface area contributed by atoms with Crippen molar-refractivity contribution < 1.29 is 0 Å². The normalized spacial score (nSPS) is 10.4. The predicted octanol–water partition coefficient (Wildman–Crippen LogP) is 2.97. The van der Waals surface area contributed by atoms with E-state index in [9.17, 15) is 0 Å². The minimum atomic E-state index is 0.253. The number of hydrogen-bond donors (Lipinski definition) is 2. The van der Waals surface area contributed by atoms with E-state index in [0.717, 1.165) is 22.5 Å². The SMILES string of the molecule is Nc1nc(-c2ccccc2)c(-c2ccccc2)nc1N. The van der Waals surface area contributed by atoms with E-state index in [1.165, 1.54) is 0 Å². The highest BCUT2D eigenvalue weighted by molar-refractivity contribution is 5.80. The fourth-order valence-electron chi connectivity index (χ4n) is 2.06. The van der Waals surface area contributed by atoms with E-state index in [2.05, 4.69) is 9.97 Å². The van der Waals surface area contributed by atoms with Gasteiger partial charge in [0.1, 0.15) is 0 Å². The van der Waals surface area contributed by atoms with Gasteiger partial charge in [0.2, 0.25) is 0 Å². The van der Waals surface area contributed by atoms with Gasteiger partial charge in [-0.05, 0) is 0 Å². The van der Waals surface area contributed by atoms with Crippen molar-refractivity contribution in [2.45, 2.75) is 0 Å². The molecular weight excluding hydrogens is 248 g/mol. The third-order valence-electron chi connectivity index (χ3n) is 3.05. The largest absolute Gasteiger partial charge is 0.381 e. The van der Waals surface area contributed by atoms with Crippen molar-refractivity contribution in [2.24, 2.45) is 0 Å². The average molecular weight is 262 g/mol. The van der Waals surface area contributed by atoms with Crippen molar-refractivity contribution in [3.8, 4) is 22.5 Å². The van der Waals surface area contributed by atoms with Crippen LogP contribution in [0, 0.1) is 0 Å². The van der Waals surface area contributed by atoms with Crippen LogP contribution in [0.2, 0.25) is 0 Å². The van der Waals surface area contributed by atoms with E-state index in [1.54, 1.807) is 0 Å². The lowest BCUT2D eigenvalue weighted by Crippen LogP contribution is -2.04. The number of nitrogens with two attached hydrogens (primary N) is 2. The van der Waals surface area contributed by atoms with Crippen molar-refractivity contribution in [1.29, 1.82) is 0 Å². The molecule has 98 valence electrons. The molecule has 4 heteroatoms. The molecule has 4 N–H and O–H groups in total. The molecule has 1 aromatic heterocycles. The van der Waals surface area contributed by atoms with E-state index >= 15 is 0 Å². The molecule has 1 heterocycles. The van der Waals surface area contributed by atoms with Crippen LogP contribution in [0.4, 0.5) is 11.6 Å². The van der Waals surface area contributed by atoms with Gasteiger partial charge in [0, 0.05) is 11.1 Å². The summed E-state index contributed by atoms with van der Waals surface area (Å²) in [5, 5.41) is 0. The van der Waals surface area contributed by atoms with Gasteiger partial charge in [-0.1, -0.05) is 60.7 Å². The molecule has 0 radical (unpaired) electrons. The number of anilines is 2. The summed E-state index contributed by atoms with van der Waals surface area (Å²) < 4.78 is 0. The molecule has 4 nitrogen and oxygen atoms in total. The maximum Gasteiger partial charge on any atom is 0.166 e. The van der Waals surface area contributed by atoms with Gasteiger partial charge in [0.15, 0.2) is 11.6 Å². The molecule has 0 bridgehead atoms. The fraction of sp³-hybridized carbons (Fsp3) is 0. The summed E-state index contributed by atoms with van der Waals surface area (Å²) in [6, 6.07) is 19.7. The Labute approximate surface area is 117 Å². The topological polar surface area (TPSA) is 77.8 Å². The molecule has 20 heavy (non-hydrogen) atoms. The second-order valence-electron chi connectivity index (χ2n) is 4.42. The van der Waals surface area contributed by atoms with Gasteiger partial charge in [-0.3, -0.25) is 0 Å². The zero-order valence-electron chi connectivity index (χ0n) is 10.8. The first-order chi connectivity index (χ1) is 9.75. The zero-order valence-corrected chi connectivity index (χ0v) is 10.8. The molecule has 0 aliphatic heterocycles. The molecule has 0 saturated carbocycles. The van der Waals surface area contributed by atoms with Crippen molar-refractivity contribution >= 4 is 11.6 Å². The molecule has 0 atom stereocenters. The lowest BCUT2D eigenvalue weighted by atomic mass is 10.0. The predicted molar refractivity (Wildman–Crippen MR) is 81.7 cm³/mol. The third-order valence-corrected chi connectivity index (χ3v) is 3.05. The van der Waals surface area contributed by atoms with E-state index in [4.69, 9.17) is 11.5 Å². The maximum absolute atomic E-state index is 5.81. The van der Waals surface area contributed by atoms with Crippen LogP contribution in [0.25, 0.3) is 22.5 Å². The highest BCUT2D eigenvalue weighted by Crippen LogP contribution is 2.30. The Morgan fingerprint density at radius 2 is 0.900 bits per heavy atom. The molecule has 0 saturated heterocycles. The number of hydrogen-bond acceptors (Lipinski definition) is 4. The Morgan fingerprint density at radius 3 is 1.25 bits per heavy atom. The first-order valence-corrected chi connectivity index (χ1v) is 6.29. The van der Waals surface area contributed by atoms with E-state index in [0.29, 0.717) is 0 Å². The molecule has 0 aliphatic rings. The summed E-state index contributed by atoms with van der Waals surface area (Å²) in [4.78, 5) is 8.82. The maximum atomic E-state index is 5.81. The lowest BCUT2D eigenvalue weighted by molar-refractivity contribution is 1.23. The Bertz CT molecular complexity index is 660. The second kappa shape index (κ2) is 5.01. The Kier molecular flexibility index (Phi) is 3.05. The van der Waals surface area contributed by atoms with Crippen LogP contribution in [0.3, 0.4) is 0 Å². The van der Waals surface area contributed by atoms with Crippen molar-refractivity contribution in [3.63, 3.8) is 0 Å². The molecular formula is C16H14N4. The molecule has 0 aliphatic carbocycles. The summed E-state index contributed by atoms with van der Waals surface area (Å²) in [6.07, 6.45) is 0. The van der Waals surface area contributed by atoms with Crippen molar-refractivity contribution in [2.75, 3.05) is 11.5 Å². The van der Waals surface area contributed by atoms with Crippen LogP contribution in [0.1, 0.15) is 0 Å². The zero-order chi connectivity index (χ0) is 13.9. The molecule has 3 rings (SSSR count). The number of rotatable bonds is 2. The van der Waals surface area contributed by atoms with Crippen LogP contribution >= 0.6 is 0 Å². The molecule has 3 aromatic rings. The Balaban J connectivity index is 2.26. The van der Waals surface area contributed by atoms with Crippen molar-refractivity contribution in [3.05, 3.63) is 60.7 Å². The van der Waals surface area contributed by atoms with Crippen LogP contribution in [0.5, 0.6) is 0 Å². The highest BCUT2D eigenvalue weighted by Gasteiger charge is 2.13. The third kappa shape index (κ3) is 2.19. The van der Waals surface area contributed by atoms with Gasteiger partial charge in [-0.15, -0.1) is 0 Å². The van der Waals surface area contributed by atoms with Gasteiger partial charge in [-0.2, -0.15) is 0 Å². The summed E-state index contributed by atoms with van der Waals surface area (Å²) in [5.74, 6) is 0.507.